The van der Waals surface area contributed by atoms with Gasteiger partial charge in [-0.1, -0.05) is 6.07 Å². The average Bonchev–Trinajstić information content (AvgIpc) is 3.43. The molecule has 5 nitrogen and oxygen atoms in total. The molecule has 0 spiro atoms. The highest BCUT2D eigenvalue weighted by Gasteiger charge is 2.31. The van der Waals surface area contributed by atoms with Crippen molar-refractivity contribution in [3.8, 4) is 17.1 Å². The van der Waals surface area contributed by atoms with Crippen LogP contribution in [0.1, 0.15) is 43.6 Å². The fraction of sp³-hybridized carbons (Fsp3) is 0.429. The number of hydrogen-bond acceptors (Lipinski definition) is 4. The van der Waals surface area contributed by atoms with E-state index in [0.29, 0.717) is 6.04 Å². The SMILES string of the molecule is COc1ccc(-c2nn(C[NH+]3CCC[C@@H]3c3cccs3)c(=S)n2C(C)C)cc1. The first-order valence-electron chi connectivity index (χ1n) is 9.80. The number of nitrogens with zero attached hydrogens (tertiary/aromatic N) is 3. The van der Waals surface area contributed by atoms with Crippen LogP contribution in [0.5, 0.6) is 5.75 Å². The Balaban J connectivity index is 1.67. The second kappa shape index (κ2) is 8.19. The molecule has 4 rings (SSSR count). The number of quaternary nitrogens is 1. The molecule has 0 bridgehead atoms. The third kappa shape index (κ3) is 3.66. The highest BCUT2D eigenvalue weighted by Crippen LogP contribution is 2.26. The van der Waals surface area contributed by atoms with Gasteiger partial charge in [0.15, 0.2) is 12.5 Å². The van der Waals surface area contributed by atoms with Crippen molar-refractivity contribution in [1.82, 2.24) is 14.3 Å². The summed E-state index contributed by atoms with van der Waals surface area (Å²) < 4.78 is 10.3. The number of rotatable bonds is 6. The first kappa shape index (κ1) is 19.4. The normalized spacial score (nSPS) is 19.4. The topological polar surface area (TPSA) is 36.4 Å². The summed E-state index contributed by atoms with van der Waals surface area (Å²) in [7, 11) is 1.68. The van der Waals surface area contributed by atoms with Crippen molar-refractivity contribution in [2.75, 3.05) is 13.7 Å². The number of likely N-dealkylation sites (tertiary alicyclic amines) is 1. The van der Waals surface area contributed by atoms with Crippen molar-refractivity contribution in [3.05, 3.63) is 51.4 Å². The van der Waals surface area contributed by atoms with E-state index >= 15 is 0 Å². The van der Waals surface area contributed by atoms with E-state index in [1.165, 1.54) is 17.7 Å². The molecule has 1 aliphatic heterocycles. The third-order valence-corrected chi connectivity index (χ3v) is 6.85. The van der Waals surface area contributed by atoms with Crippen molar-refractivity contribution < 1.29 is 9.64 Å². The van der Waals surface area contributed by atoms with Gasteiger partial charge in [-0.25, -0.2) is 0 Å². The Labute approximate surface area is 175 Å². The highest BCUT2D eigenvalue weighted by molar-refractivity contribution is 7.71. The second-order valence-electron chi connectivity index (χ2n) is 7.57. The molecule has 0 amide bonds. The monoisotopic (exact) mass is 415 g/mol. The van der Waals surface area contributed by atoms with Crippen LogP contribution in [0.2, 0.25) is 0 Å². The Morgan fingerprint density at radius 2 is 2.07 bits per heavy atom. The molecule has 7 heteroatoms. The number of benzene rings is 1. The molecular weight excluding hydrogens is 388 g/mol. The summed E-state index contributed by atoms with van der Waals surface area (Å²) >= 11 is 7.70. The molecule has 3 heterocycles. The van der Waals surface area contributed by atoms with E-state index in [1.807, 2.05) is 28.2 Å². The Morgan fingerprint density at radius 3 is 2.71 bits per heavy atom. The predicted molar refractivity (Wildman–Crippen MR) is 116 cm³/mol. The molecule has 0 aliphatic carbocycles. The first-order valence-corrected chi connectivity index (χ1v) is 11.1. The standard InChI is InChI=1S/C21H26N4OS2/c1-15(2)25-20(16-8-10-17(26-3)11-9-16)22-24(21(25)27)14-23-12-4-6-18(23)19-7-5-13-28-19/h5,7-11,13,15,18H,4,6,12,14H2,1-3H3/p+1/t18-/m1/s1. The van der Waals surface area contributed by atoms with E-state index in [0.717, 1.165) is 35.1 Å². The molecule has 1 unspecified atom stereocenters. The number of methoxy groups -OCH3 is 1. The molecule has 0 saturated carbocycles. The lowest BCUT2D eigenvalue weighted by molar-refractivity contribution is -0.941. The van der Waals surface area contributed by atoms with E-state index in [2.05, 4.69) is 48.1 Å². The van der Waals surface area contributed by atoms with Gasteiger partial charge in [-0.2, -0.15) is 4.68 Å². The maximum atomic E-state index is 5.84. The van der Waals surface area contributed by atoms with Crippen LogP contribution >= 0.6 is 23.6 Å². The van der Waals surface area contributed by atoms with Crippen LogP contribution in [0, 0.1) is 4.77 Å². The zero-order valence-electron chi connectivity index (χ0n) is 16.6. The quantitative estimate of drug-likeness (QED) is 0.616. The van der Waals surface area contributed by atoms with Crippen LogP contribution in [0.3, 0.4) is 0 Å². The fourth-order valence-corrected chi connectivity index (χ4v) is 5.37. The minimum atomic E-state index is 0.250. The van der Waals surface area contributed by atoms with E-state index in [4.69, 9.17) is 22.1 Å². The minimum absolute atomic E-state index is 0.250. The van der Waals surface area contributed by atoms with Crippen molar-refractivity contribution in [3.63, 3.8) is 0 Å². The van der Waals surface area contributed by atoms with Gasteiger partial charge in [-0.05, 0) is 61.8 Å². The lowest BCUT2D eigenvalue weighted by atomic mass is 10.2. The van der Waals surface area contributed by atoms with Gasteiger partial charge in [-0.3, -0.25) is 4.57 Å². The van der Waals surface area contributed by atoms with Crippen LogP contribution in [0.4, 0.5) is 0 Å². The zero-order valence-corrected chi connectivity index (χ0v) is 18.2. The van der Waals surface area contributed by atoms with E-state index in [1.54, 1.807) is 12.0 Å². The molecule has 2 atom stereocenters. The molecule has 1 aromatic carbocycles. The van der Waals surface area contributed by atoms with Crippen molar-refractivity contribution >= 4 is 23.6 Å². The van der Waals surface area contributed by atoms with E-state index < -0.39 is 0 Å². The minimum Gasteiger partial charge on any atom is -0.497 e. The number of thiophene rings is 1. The molecule has 1 aliphatic rings. The van der Waals surface area contributed by atoms with E-state index in [-0.39, 0.29) is 6.04 Å². The second-order valence-corrected chi connectivity index (χ2v) is 8.92. The third-order valence-electron chi connectivity index (χ3n) is 5.46. The van der Waals surface area contributed by atoms with Crippen LogP contribution in [-0.4, -0.2) is 28.0 Å². The lowest BCUT2D eigenvalue weighted by Gasteiger charge is -2.20. The Kier molecular flexibility index (Phi) is 5.66. The van der Waals surface area contributed by atoms with Gasteiger partial charge >= 0.3 is 0 Å². The van der Waals surface area contributed by atoms with Gasteiger partial charge in [0.2, 0.25) is 4.77 Å². The number of aromatic nitrogens is 3. The molecule has 3 aromatic rings. The van der Waals surface area contributed by atoms with Crippen molar-refractivity contribution in [1.29, 1.82) is 0 Å². The lowest BCUT2D eigenvalue weighted by Crippen LogP contribution is -3.09. The smallest absolute Gasteiger partial charge is 0.203 e. The highest BCUT2D eigenvalue weighted by atomic mass is 32.1. The molecule has 2 aromatic heterocycles. The van der Waals surface area contributed by atoms with Crippen LogP contribution in [0.15, 0.2) is 41.8 Å². The summed E-state index contributed by atoms with van der Waals surface area (Å²) in [5.41, 5.74) is 1.06. The molecule has 0 radical (unpaired) electrons. The fourth-order valence-electron chi connectivity index (χ4n) is 4.05. The molecule has 1 fully saturated rings. The van der Waals surface area contributed by atoms with Gasteiger partial charge in [-0.15, -0.1) is 16.4 Å². The molecule has 1 N–H and O–H groups in total. The zero-order chi connectivity index (χ0) is 19.7. The largest absolute Gasteiger partial charge is 0.497 e. The molecule has 1 saturated heterocycles. The van der Waals surface area contributed by atoms with Crippen molar-refractivity contribution in [2.45, 2.75) is 45.4 Å². The van der Waals surface area contributed by atoms with Gasteiger partial charge in [0, 0.05) is 24.4 Å². The Hall–Kier alpha value is -1.96. The predicted octanol–water partition coefficient (Wildman–Crippen LogP) is 4.11. The van der Waals surface area contributed by atoms with Gasteiger partial charge < -0.3 is 9.64 Å². The van der Waals surface area contributed by atoms with Gasteiger partial charge in [0.1, 0.15) is 11.8 Å². The van der Waals surface area contributed by atoms with Crippen LogP contribution in [-0.2, 0) is 6.67 Å². The summed E-state index contributed by atoms with van der Waals surface area (Å²) in [5.74, 6) is 1.77. The Bertz CT molecular complexity index is 973. The number of ether oxygens (including phenoxy) is 1. The van der Waals surface area contributed by atoms with Gasteiger partial charge in [0.25, 0.3) is 0 Å². The number of hydrogen-bond donors (Lipinski definition) is 1. The molecule has 28 heavy (non-hydrogen) atoms. The first-order chi connectivity index (χ1) is 13.6. The van der Waals surface area contributed by atoms with Crippen LogP contribution in [0.25, 0.3) is 11.4 Å². The summed E-state index contributed by atoms with van der Waals surface area (Å²) in [6.45, 7) is 6.29. The van der Waals surface area contributed by atoms with Gasteiger partial charge in [0.05, 0.1) is 18.5 Å². The summed E-state index contributed by atoms with van der Waals surface area (Å²) in [4.78, 5) is 3.02. The summed E-state index contributed by atoms with van der Waals surface area (Å²) in [6, 6.07) is 13.3. The number of nitrogens with one attached hydrogen (secondary N) is 1. The van der Waals surface area contributed by atoms with E-state index in [9.17, 15) is 0 Å². The van der Waals surface area contributed by atoms with Crippen molar-refractivity contribution in [2.24, 2.45) is 0 Å². The maximum absolute atomic E-state index is 5.84. The Morgan fingerprint density at radius 1 is 1.29 bits per heavy atom. The summed E-state index contributed by atoms with van der Waals surface area (Å²) in [5, 5.41) is 7.13. The van der Waals surface area contributed by atoms with Crippen LogP contribution < -0.4 is 9.64 Å². The summed E-state index contributed by atoms with van der Waals surface area (Å²) in [6.07, 6.45) is 2.49. The molecular formula is C21H27N4OS2+. The average molecular weight is 416 g/mol. The molecule has 148 valence electrons. The maximum Gasteiger partial charge on any atom is 0.203 e.